The topological polar surface area (TPSA) is 84.1 Å². The number of nitrogens with zero attached hydrogens (tertiary/aromatic N) is 3. The number of aromatic nitrogens is 2. The van der Waals surface area contributed by atoms with E-state index in [-0.39, 0.29) is 43.0 Å². The minimum absolute atomic E-state index is 0.0797. The molecule has 26 heavy (non-hydrogen) atoms. The summed E-state index contributed by atoms with van der Waals surface area (Å²) in [5.74, 6) is 0.399. The number of hydrogen-bond donors (Lipinski definition) is 2. The first kappa shape index (κ1) is 18.0. The Morgan fingerprint density at radius 3 is 2.73 bits per heavy atom. The lowest BCUT2D eigenvalue weighted by Crippen LogP contribution is -2.28. The van der Waals surface area contributed by atoms with Crippen molar-refractivity contribution in [3.63, 3.8) is 0 Å². The molecule has 2 aromatic rings. The van der Waals surface area contributed by atoms with E-state index in [2.05, 4.69) is 15.3 Å². The minimum atomic E-state index is -4.45. The van der Waals surface area contributed by atoms with Gasteiger partial charge in [0.2, 0.25) is 11.9 Å². The van der Waals surface area contributed by atoms with Gasteiger partial charge >= 0.3 is 6.18 Å². The fourth-order valence-electron chi connectivity index (χ4n) is 3.04. The number of carbonyl (C=O) groups excluding carboxylic acids is 1. The van der Waals surface area contributed by atoms with Gasteiger partial charge in [0.15, 0.2) is 0 Å². The van der Waals surface area contributed by atoms with Gasteiger partial charge in [-0.15, -0.1) is 0 Å². The number of rotatable bonds is 4. The standard InChI is InChI=1S/C17H18F3N5O/c1-10-6-14(24-16(21)22-10)23-12-7-15(26)25(9-12)8-11-4-2-3-5-13(11)17(18,19)20/h2-6,12H,7-9H2,1H3,(H3,21,22,23,24)/t12-/m0/s1. The van der Waals surface area contributed by atoms with Crippen LogP contribution in [0.5, 0.6) is 0 Å². The second-order valence-corrected chi connectivity index (χ2v) is 6.23. The second-order valence-electron chi connectivity index (χ2n) is 6.23. The first-order valence-corrected chi connectivity index (χ1v) is 8.03. The third-order valence-corrected chi connectivity index (χ3v) is 4.12. The number of carbonyl (C=O) groups is 1. The molecule has 2 heterocycles. The number of nitrogens with two attached hydrogens (primary N) is 1. The van der Waals surface area contributed by atoms with E-state index in [1.54, 1.807) is 13.0 Å². The molecular formula is C17H18F3N5O. The Morgan fingerprint density at radius 1 is 1.31 bits per heavy atom. The molecule has 3 rings (SSSR count). The molecule has 9 heteroatoms. The van der Waals surface area contributed by atoms with Gasteiger partial charge in [-0.25, -0.2) is 4.98 Å². The summed E-state index contributed by atoms with van der Waals surface area (Å²) in [6.45, 7) is 1.97. The number of nitrogens with one attached hydrogen (secondary N) is 1. The molecule has 138 valence electrons. The van der Waals surface area contributed by atoms with Crippen molar-refractivity contribution in [2.45, 2.75) is 32.1 Å². The molecular weight excluding hydrogens is 347 g/mol. The summed E-state index contributed by atoms with van der Waals surface area (Å²) in [5.41, 5.74) is 5.64. The van der Waals surface area contributed by atoms with Crippen LogP contribution in [0.15, 0.2) is 30.3 Å². The van der Waals surface area contributed by atoms with Crippen molar-refractivity contribution in [3.05, 3.63) is 47.2 Å². The number of aryl methyl sites for hydroxylation is 1. The zero-order chi connectivity index (χ0) is 18.9. The number of hydrogen-bond acceptors (Lipinski definition) is 5. The predicted molar refractivity (Wildman–Crippen MR) is 90.1 cm³/mol. The summed E-state index contributed by atoms with van der Waals surface area (Å²) in [5, 5.41) is 3.10. The van der Waals surface area contributed by atoms with E-state index in [1.807, 2.05) is 0 Å². The first-order valence-electron chi connectivity index (χ1n) is 8.03. The number of anilines is 2. The van der Waals surface area contributed by atoms with Gasteiger partial charge in [-0.2, -0.15) is 18.2 Å². The lowest BCUT2D eigenvalue weighted by molar-refractivity contribution is -0.139. The summed E-state index contributed by atoms with van der Waals surface area (Å²) >= 11 is 0. The quantitative estimate of drug-likeness (QED) is 0.870. The van der Waals surface area contributed by atoms with Gasteiger partial charge in [0, 0.05) is 31.3 Å². The van der Waals surface area contributed by atoms with Crippen molar-refractivity contribution in [1.29, 1.82) is 0 Å². The van der Waals surface area contributed by atoms with Crippen LogP contribution in [0, 0.1) is 6.92 Å². The normalized spacial score (nSPS) is 17.6. The highest BCUT2D eigenvalue weighted by atomic mass is 19.4. The molecule has 0 spiro atoms. The zero-order valence-corrected chi connectivity index (χ0v) is 14.0. The maximum atomic E-state index is 13.1. The first-order chi connectivity index (χ1) is 12.2. The van der Waals surface area contributed by atoms with Gasteiger partial charge in [-0.3, -0.25) is 4.79 Å². The van der Waals surface area contributed by atoms with Gasteiger partial charge in [0.1, 0.15) is 5.82 Å². The summed E-state index contributed by atoms with van der Waals surface area (Å²) in [6.07, 6.45) is -4.27. The average Bonchev–Trinajstić information content (AvgIpc) is 2.85. The third-order valence-electron chi connectivity index (χ3n) is 4.12. The van der Waals surface area contributed by atoms with E-state index in [1.165, 1.54) is 23.1 Å². The number of nitrogen functional groups attached to an aromatic ring is 1. The highest BCUT2D eigenvalue weighted by Crippen LogP contribution is 2.33. The molecule has 1 atom stereocenters. The lowest BCUT2D eigenvalue weighted by Gasteiger charge is -2.20. The van der Waals surface area contributed by atoms with Crippen LogP contribution in [0.4, 0.5) is 24.9 Å². The van der Waals surface area contributed by atoms with Gasteiger partial charge < -0.3 is 16.0 Å². The van der Waals surface area contributed by atoms with Gasteiger partial charge in [-0.05, 0) is 18.6 Å². The van der Waals surface area contributed by atoms with E-state index in [0.29, 0.717) is 11.5 Å². The van der Waals surface area contributed by atoms with Crippen molar-refractivity contribution in [3.8, 4) is 0 Å². The van der Waals surface area contributed by atoms with Crippen molar-refractivity contribution in [1.82, 2.24) is 14.9 Å². The van der Waals surface area contributed by atoms with E-state index in [4.69, 9.17) is 5.73 Å². The molecule has 3 N–H and O–H groups in total. The van der Waals surface area contributed by atoms with Crippen molar-refractivity contribution in [2.24, 2.45) is 0 Å². The summed E-state index contributed by atoms with van der Waals surface area (Å²) < 4.78 is 39.4. The molecule has 1 fully saturated rings. The molecule has 0 saturated carbocycles. The molecule has 1 aliphatic heterocycles. The van der Waals surface area contributed by atoms with Crippen LogP contribution >= 0.6 is 0 Å². The smallest absolute Gasteiger partial charge is 0.368 e. The molecule has 1 aromatic carbocycles. The Balaban J connectivity index is 1.71. The maximum absolute atomic E-state index is 13.1. The van der Waals surface area contributed by atoms with E-state index in [9.17, 15) is 18.0 Å². The van der Waals surface area contributed by atoms with Crippen LogP contribution in [0.2, 0.25) is 0 Å². The zero-order valence-electron chi connectivity index (χ0n) is 14.0. The summed E-state index contributed by atoms with van der Waals surface area (Å²) in [6, 6.07) is 6.73. The molecule has 1 amide bonds. The lowest BCUT2D eigenvalue weighted by atomic mass is 10.1. The fraction of sp³-hybridized carbons (Fsp3) is 0.353. The van der Waals surface area contributed by atoms with Crippen molar-refractivity contribution >= 4 is 17.7 Å². The largest absolute Gasteiger partial charge is 0.416 e. The molecule has 0 radical (unpaired) electrons. The fourth-order valence-corrected chi connectivity index (χ4v) is 3.04. The molecule has 6 nitrogen and oxygen atoms in total. The van der Waals surface area contributed by atoms with Crippen LogP contribution in [0.1, 0.15) is 23.2 Å². The van der Waals surface area contributed by atoms with Crippen molar-refractivity contribution < 1.29 is 18.0 Å². The molecule has 0 unspecified atom stereocenters. The van der Waals surface area contributed by atoms with Crippen LogP contribution in [-0.4, -0.2) is 33.4 Å². The highest BCUT2D eigenvalue weighted by Gasteiger charge is 2.35. The number of benzene rings is 1. The van der Waals surface area contributed by atoms with Crippen LogP contribution < -0.4 is 11.1 Å². The van der Waals surface area contributed by atoms with Crippen molar-refractivity contribution in [2.75, 3.05) is 17.6 Å². The van der Waals surface area contributed by atoms with Crippen LogP contribution in [0.25, 0.3) is 0 Å². The maximum Gasteiger partial charge on any atom is 0.416 e. The van der Waals surface area contributed by atoms with Crippen LogP contribution in [-0.2, 0) is 17.5 Å². The molecule has 0 bridgehead atoms. The molecule has 0 aliphatic carbocycles. The molecule has 1 saturated heterocycles. The second kappa shape index (κ2) is 6.81. The van der Waals surface area contributed by atoms with E-state index < -0.39 is 11.7 Å². The minimum Gasteiger partial charge on any atom is -0.368 e. The summed E-state index contributed by atoms with van der Waals surface area (Å²) in [7, 11) is 0. The Morgan fingerprint density at radius 2 is 2.04 bits per heavy atom. The van der Waals surface area contributed by atoms with Crippen LogP contribution in [0.3, 0.4) is 0 Å². The Hall–Kier alpha value is -2.84. The molecule has 1 aromatic heterocycles. The predicted octanol–water partition coefficient (Wildman–Crippen LogP) is 2.60. The molecule has 1 aliphatic rings. The van der Waals surface area contributed by atoms with E-state index >= 15 is 0 Å². The van der Waals surface area contributed by atoms with E-state index in [0.717, 1.165) is 6.07 Å². The summed E-state index contributed by atoms with van der Waals surface area (Å²) in [4.78, 5) is 21.7. The highest BCUT2D eigenvalue weighted by molar-refractivity contribution is 5.80. The van der Waals surface area contributed by atoms with Gasteiger partial charge in [0.25, 0.3) is 0 Å². The SMILES string of the molecule is Cc1cc(N[C@H]2CC(=O)N(Cc3ccccc3C(F)(F)F)C2)nc(N)n1. The Bertz CT molecular complexity index is 804. The number of halogens is 3. The Kier molecular flexibility index (Phi) is 4.71. The monoisotopic (exact) mass is 365 g/mol. The third kappa shape index (κ3) is 4.04. The number of alkyl halides is 3. The number of likely N-dealkylation sites (tertiary alicyclic amines) is 1. The van der Waals surface area contributed by atoms with Gasteiger partial charge in [0.05, 0.1) is 11.6 Å². The Labute approximate surface area is 148 Å². The average molecular weight is 365 g/mol. The van der Waals surface area contributed by atoms with Gasteiger partial charge in [-0.1, -0.05) is 18.2 Å². The number of amides is 1.